The third-order valence-electron chi connectivity index (χ3n) is 4.31. The number of halogens is 3. The van der Waals surface area contributed by atoms with Crippen LogP contribution in [0.25, 0.3) is 22.8 Å². The van der Waals surface area contributed by atoms with Gasteiger partial charge in [0.25, 0.3) is 5.89 Å². The Balaban J connectivity index is 1.65. The molecule has 1 aliphatic rings. The SMILES string of the molecule is Nc1ccc(-c2nc(-c3ccc(OC4CCOC4)c(C(F)(F)F)c3)no2)cc1. The molecule has 1 saturated heterocycles. The van der Waals surface area contributed by atoms with E-state index in [0.717, 1.165) is 6.07 Å². The number of ether oxygens (including phenoxy) is 2. The van der Waals surface area contributed by atoms with Gasteiger partial charge >= 0.3 is 6.18 Å². The summed E-state index contributed by atoms with van der Waals surface area (Å²) in [4.78, 5) is 4.19. The molecular formula is C19H16F3N3O3. The second-order valence-corrected chi connectivity index (χ2v) is 6.36. The Labute approximate surface area is 158 Å². The largest absolute Gasteiger partial charge is 0.487 e. The highest BCUT2D eigenvalue weighted by Crippen LogP contribution is 2.39. The number of nitrogen functional groups attached to an aromatic ring is 1. The highest BCUT2D eigenvalue weighted by Gasteiger charge is 2.36. The third kappa shape index (κ3) is 3.79. The Morgan fingerprint density at radius 2 is 1.82 bits per heavy atom. The summed E-state index contributed by atoms with van der Waals surface area (Å²) >= 11 is 0. The fraction of sp³-hybridized carbons (Fsp3) is 0.263. The number of rotatable bonds is 4. The molecule has 2 heterocycles. The Morgan fingerprint density at radius 1 is 1.07 bits per heavy atom. The summed E-state index contributed by atoms with van der Waals surface area (Å²) in [7, 11) is 0. The smallest absolute Gasteiger partial charge is 0.419 e. The molecule has 3 aromatic rings. The number of benzene rings is 2. The van der Waals surface area contributed by atoms with Crippen molar-refractivity contribution in [2.24, 2.45) is 0 Å². The number of hydrogen-bond acceptors (Lipinski definition) is 6. The third-order valence-corrected chi connectivity index (χ3v) is 4.31. The Morgan fingerprint density at radius 3 is 2.50 bits per heavy atom. The molecule has 0 radical (unpaired) electrons. The molecule has 1 fully saturated rings. The second kappa shape index (κ2) is 7.16. The highest BCUT2D eigenvalue weighted by atomic mass is 19.4. The molecule has 146 valence electrons. The van der Waals surface area contributed by atoms with E-state index in [1.54, 1.807) is 24.3 Å². The van der Waals surface area contributed by atoms with E-state index in [1.807, 2.05) is 0 Å². The van der Waals surface area contributed by atoms with Crippen molar-refractivity contribution in [1.29, 1.82) is 0 Å². The number of nitrogens with zero attached hydrogens (tertiary/aromatic N) is 2. The zero-order valence-corrected chi connectivity index (χ0v) is 14.6. The molecule has 1 aliphatic heterocycles. The first-order valence-electron chi connectivity index (χ1n) is 8.56. The van der Waals surface area contributed by atoms with Gasteiger partial charge in [-0.3, -0.25) is 0 Å². The highest BCUT2D eigenvalue weighted by molar-refractivity contribution is 5.63. The first-order valence-corrected chi connectivity index (χ1v) is 8.56. The molecule has 0 aliphatic carbocycles. The molecule has 1 unspecified atom stereocenters. The minimum atomic E-state index is -4.59. The Bertz CT molecular complexity index is 965. The van der Waals surface area contributed by atoms with Crippen LogP contribution in [0.15, 0.2) is 47.0 Å². The van der Waals surface area contributed by atoms with Gasteiger partial charge in [-0.25, -0.2) is 0 Å². The predicted molar refractivity (Wildman–Crippen MR) is 94.4 cm³/mol. The quantitative estimate of drug-likeness (QED) is 0.672. The molecule has 4 rings (SSSR count). The first kappa shape index (κ1) is 18.3. The average molecular weight is 391 g/mol. The van der Waals surface area contributed by atoms with Crippen LogP contribution < -0.4 is 10.5 Å². The van der Waals surface area contributed by atoms with Crippen molar-refractivity contribution in [2.45, 2.75) is 18.7 Å². The van der Waals surface area contributed by atoms with Gasteiger partial charge in [-0.15, -0.1) is 0 Å². The van der Waals surface area contributed by atoms with E-state index in [-0.39, 0.29) is 29.6 Å². The Hall–Kier alpha value is -3.07. The summed E-state index contributed by atoms with van der Waals surface area (Å²) in [6.07, 6.45) is -4.43. The predicted octanol–water partition coefficient (Wildman–Crippen LogP) is 4.17. The molecule has 28 heavy (non-hydrogen) atoms. The van der Waals surface area contributed by atoms with Crippen molar-refractivity contribution < 1.29 is 27.2 Å². The van der Waals surface area contributed by atoms with Crippen LogP contribution in [0.1, 0.15) is 12.0 Å². The molecule has 0 amide bonds. The van der Waals surface area contributed by atoms with Gasteiger partial charge in [0, 0.05) is 23.2 Å². The number of aromatic nitrogens is 2. The van der Waals surface area contributed by atoms with Crippen LogP contribution in [0, 0.1) is 0 Å². The van der Waals surface area contributed by atoms with Crippen LogP contribution in [0.4, 0.5) is 18.9 Å². The van der Waals surface area contributed by atoms with E-state index in [4.69, 9.17) is 19.7 Å². The number of nitrogens with two attached hydrogens (primary N) is 1. The molecular weight excluding hydrogens is 375 g/mol. The number of alkyl halides is 3. The van der Waals surface area contributed by atoms with E-state index in [1.165, 1.54) is 12.1 Å². The first-order chi connectivity index (χ1) is 13.4. The van der Waals surface area contributed by atoms with Crippen molar-refractivity contribution in [1.82, 2.24) is 10.1 Å². The van der Waals surface area contributed by atoms with Crippen LogP contribution in [0.5, 0.6) is 5.75 Å². The van der Waals surface area contributed by atoms with Crippen LogP contribution in [-0.4, -0.2) is 29.5 Å². The van der Waals surface area contributed by atoms with E-state index in [2.05, 4.69) is 10.1 Å². The van der Waals surface area contributed by atoms with Crippen molar-refractivity contribution in [3.8, 4) is 28.6 Å². The van der Waals surface area contributed by atoms with E-state index in [9.17, 15) is 13.2 Å². The van der Waals surface area contributed by atoms with Crippen molar-refractivity contribution in [2.75, 3.05) is 18.9 Å². The maximum absolute atomic E-state index is 13.5. The zero-order chi connectivity index (χ0) is 19.7. The van der Waals surface area contributed by atoms with E-state index in [0.29, 0.717) is 24.3 Å². The summed E-state index contributed by atoms with van der Waals surface area (Å²) in [5.74, 6) is -0.00549. The van der Waals surface area contributed by atoms with Gasteiger partial charge in [0.05, 0.1) is 18.8 Å². The van der Waals surface area contributed by atoms with Gasteiger partial charge in [0.1, 0.15) is 11.9 Å². The maximum Gasteiger partial charge on any atom is 0.419 e. The van der Waals surface area contributed by atoms with Crippen molar-refractivity contribution >= 4 is 5.69 Å². The molecule has 1 aromatic heterocycles. The molecule has 0 bridgehead atoms. The van der Waals surface area contributed by atoms with Crippen LogP contribution in [0.3, 0.4) is 0 Å². The lowest BCUT2D eigenvalue weighted by atomic mass is 10.1. The van der Waals surface area contributed by atoms with E-state index >= 15 is 0 Å². The van der Waals surface area contributed by atoms with Crippen LogP contribution in [0.2, 0.25) is 0 Å². The number of hydrogen-bond donors (Lipinski definition) is 1. The van der Waals surface area contributed by atoms with Gasteiger partial charge < -0.3 is 19.7 Å². The lowest BCUT2D eigenvalue weighted by Gasteiger charge is -2.17. The summed E-state index contributed by atoms with van der Waals surface area (Å²) in [5, 5.41) is 3.80. The molecule has 1 atom stereocenters. The molecule has 2 N–H and O–H groups in total. The van der Waals surface area contributed by atoms with Gasteiger partial charge in [-0.1, -0.05) is 5.16 Å². The summed E-state index contributed by atoms with van der Waals surface area (Å²) in [6, 6.07) is 10.4. The summed E-state index contributed by atoms with van der Waals surface area (Å²) in [6.45, 7) is 0.746. The molecule has 0 saturated carbocycles. The molecule has 6 nitrogen and oxygen atoms in total. The minimum Gasteiger partial charge on any atom is -0.487 e. The van der Waals surface area contributed by atoms with Crippen LogP contribution in [-0.2, 0) is 10.9 Å². The van der Waals surface area contributed by atoms with Crippen LogP contribution >= 0.6 is 0 Å². The zero-order valence-electron chi connectivity index (χ0n) is 14.6. The molecule has 0 spiro atoms. The summed E-state index contributed by atoms with van der Waals surface area (Å²) < 4.78 is 56.4. The Kier molecular flexibility index (Phi) is 4.68. The second-order valence-electron chi connectivity index (χ2n) is 6.36. The van der Waals surface area contributed by atoms with Crippen molar-refractivity contribution in [3.63, 3.8) is 0 Å². The lowest BCUT2D eigenvalue weighted by molar-refractivity contribution is -0.139. The lowest BCUT2D eigenvalue weighted by Crippen LogP contribution is -2.18. The monoisotopic (exact) mass is 391 g/mol. The fourth-order valence-electron chi connectivity index (χ4n) is 2.86. The average Bonchev–Trinajstić information content (AvgIpc) is 3.34. The maximum atomic E-state index is 13.5. The van der Waals surface area contributed by atoms with Gasteiger partial charge in [-0.2, -0.15) is 18.2 Å². The van der Waals surface area contributed by atoms with Gasteiger partial charge in [-0.05, 0) is 42.5 Å². The van der Waals surface area contributed by atoms with E-state index < -0.39 is 17.8 Å². The van der Waals surface area contributed by atoms with Gasteiger partial charge in [0.15, 0.2) is 0 Å². The van der Waals surface area contributed by atoms with Crippen molar-refractivity contribution in [3.05, 3.63) is 48.0 Å². The summed E-state index contributed by atoms with van der Waals surface area (Å²) in [5.41, 5.74) is 6.11. The topological polar surface area (TPSA) is 83.4 Å². The molecule has 9 heteroatoms. The normalized spacial score (nSPS) is 17.0. The minimum absolute atomic E-state index is 0.0491. The standard InChI is InChI=1S/C19H16F3N3O3/c20-19(21,22)15-9-12(3-6-16(15)27-14-7-8-26-10-14)17-24-18(28-25-17)11-1-4-13(23)5-2-11/h1-6,9,14H,7-8,10,23H2. The molecule has 2 aromatic carbocycles. The number of anilines is 1. The van der Waals surface area contributed by atoms with Gasteiger partial charge in [0.2, 0.25) is 5.82 Å². The fourth-order valence-corrected chi connectivity index (χ4v) is 2.86.